The third-order valence-corrected chi connectivity index (χ3v) is 4.25. The van der Waals surface area contributed by atoms with Crippen LogP contribution in [0.1, 0.15) is 38.6 Å². The van der Waals surface area contributed by atoms with Crippen molar-refractivity contribution in [3.63, 3.8) is 0 Å². The second-order valence-electron chi connectivity index (χ2n) is 5.59. The molecule has 0 fully saturated rings. The number of rotatable bonds is 8. The molecule has 1 rings (SSSR count). The third kappa shape index (κ3) is 5.23. The molecule has 5 heteroatoms. The lowest BCUT2D eigenvalue weighted by Crippen LogP contribution is -2.43. The highest BCUT2D eigenvalue weighted by Crippen LogP contribution is 2.25. The molecule has 0 aliphatic carbocycles. The second kappa shape index (κ2) is 8.39. The van der Waals surface area contributed by atoms with Crippen LogP contribution in [-0.4, -0.2) is 41.7 Å². The van der Waals surface area contributed by atoms with Gasteiger partial charge in [0.1, 0.15) is 0 Å². The molecule has 1 aromatic heterocycles. The van der Waals surface area contributed by atoms with Crippen molar-refractivity contribution in [2.45, 2.75) is 39.8 Å². The van der Waals surface area contributed by atoms with Crippen LogP contribution in [0.25, 0.3) is 0 Å². The molecule has 1 atom stereocenters. The van der Waals surface area contributed by atoms with Gasteiger partial charge in [-0.1, -0.05) is 19.9 Å². The molecule has 2 N–H and O–H groups in total. The molecule has 20 heavy (non-hydrogen) atoms. The van der Waals surface area contributed by atoms with E-state index < -0.39 is 0 Å². The molecule has 1 heterocycles. The predicted molar refractivity (Wildman–Crippen MR) is 83.8 cm³/mol. The van der Waals surface area contributed by atoms with Gasteiger partial charge in [-0.25, -0.2) is 0 Å². The zero-order valence-electron chi connectivity index (χ0n) is 12.8. The van der Waals surface area contributed by atoms with E-state index in [2.05, 4.69) is 25.2 Å². The summed E-state index contributed by atoms with van der Waals surface area (Å²) in [7, 11) is 0. The van der Waals surface area contributed by atoms with Gasteiger partial charge in [0.25, 0.3) is 0 Å². The summed E-state index contributed by atoms with van der Waals surface area (Å²) in [6.45, 7) is 9.20. The van der Waals surface area contributed by atoms with Gasteiger partial charge in [-0.3, -0.25) is 9.69 Å². The van der Waals surface area contributed by atoms with Crippen LogP contribution in [0.3, 0.4) is 0 Å². The zero-order chi connectivity index (χ0) is 15.1. The minimum absolute atomic E-state index is 0.0132. The molecule has 0 aromatic carbocycles. The maximum absolute atomic E-state index is 12.2. The molecular formula is C15H26N2O2S. The maximum atomic E-state index is 12.2. The van der Waals surface area contributed by atoms with Crippen LogP contribution in [0, 0.1) is 5.92 Å². The highest BCUT2D eigenvalue weighted by Gasteiger charge is 2.21. The molecule has 0 radical (unpaired) electrons. The van der Waals surface area contributed by atoms with Gasteiger partial charge in [0.05, 0.1) is 19.2 Å². The van der Waals surface area contributed by atoms with Gasteiger partial charge in [0.2, 0.25) is 5.91 Å². The average Bonchev–Trinajstić information content (AvgIpc) is 2.88. The van der Waals surface area contributed by atoms with Crippen molar-refractivity contribution >= 4 is 17.2 Å². The van der Waals surface area contributed by atoms with Gasteiger partial charge >= 0.3 is 0 Å². The topological polar surface area (TPSA) is 52.6 Å². The maximum Gasteiger partial charge on any atom is 0.234 e. The fraction of sp³-hybridized carbons (Fsp3) is 0.667. The molecule has 1 amide bonds. The molecule has 0 aliphatic rings. The molecule has 0 saturated heterocycles. The Hall–Kier alpha value is -0.910. The summed E-state index contributed by atoms with van der Waals surface area (Å²) in [5.41, 5.74) is 0. The smallest absolute Gasteiger partial charge is 0.234 e. The molecule has 0 spiro atoms. The summed E-state index contributed by atoms with van der Waals surface area (Å²) in [5.74, 6) is 0.363. The summed E-state index contributed by atoms with van der Waals surface area (Å²) in [4.78, 5) is 15.4. The van der Waals surface area contributed by atoms with E-state index in [1.165, 1.54) is 4.88 Å². The molecule has 0 aliphatic heterocycles. The minimum atomic E-state index is 0.0132. The van der Waals surface area contributed by atoms with E-state index in [1.807, 2.05) is 30.2 Å². The molecule has 1 aromatic rings. The monoisotopic (exact) mass is 298 g/mol. The predicted octanol–water partition coefficient (Wildman–Crippen LogP) is 2.26. The van der Waals surface area contributed by atoms with E-state index in [4.69, 9.17) is 5.11 Å². The van der Waals surface area contributed by atoms with Crippen molar-refractivity contribution in [2.24, 2.45) is 5.92 Å². The van der Waals surface area contributed by atoms with E-state index >= 15 is 0 Å². The fourth-order valence-corrected chi connectivity index (χ4v) is 3.04. The first-order valence-electron chi connectivity index (χ1n) is 7.13. The van der Waals surface area contributed by atoms with Crippen LogP contribution >= 0.6 is 11.3 Å². The molecule has 114 valence electrons. The largest absolute Gasteiger partial charge is 0.395 e. The number of thiophene rings is 1. The summed E-state index contributed by atoms with van der Waals surface area (Å²) in [5, 5.41) is 14.2. The van der Waals surface area contributed by atoms with E-state index in [1.54, 1.807) is 11.3 Å². The molecule has 0 saturated carbocycles. The lowest BCUT2D eigenvalue weighted by atomic mass is 10.0. The Morgan fingerprint density at radius 3 is 2.55 bits per heavy atom. The van der Waals surface area contributed by atoms with Crippen molar-refractivity contribution in [1.82, 2.24) is 10.2 Å². The Bertz CT molecular complexity index is 391. The van der Waals surface area contributed by atoms with Gasteiger partial charge in [0.15, 0.2) is 0 Å². The zero-order valence-corrected chi connectivity index (χ0v) is 13.6. The van der Waals surface area contributed by atoms with E-state index in [0.717, 1.165) is 0 Å². The molecular weight excluding hydrogens is 272 g/mol. The summed E-state index contributed by atoms with van der Waals surface area (Å²) in [6, 6.07) is 4.37. The van der Waals surface area contributed by atoms with Crippen LogP contribution in [0.15, 0.2) is 17.5 Å². The molecule has 4 nitrogen and oxygen atoms in total. The summed E-state index contributed by atoms with van der Waals surface area (Å²) < 4.78 is 0. The number of carbonyl (C=O) groups excluding carboxylic acids is 1. The Labute approximate surface area is 125 Å². The average molecular weight is 298 g/mol. The Kier molecular flexibility index (Phi) is 7.19. The third-order valence-electron chi connectivity index (χ3n) is 3.30. The normalized spacial score (nSPS) is 13.2. The first-order valence-corrected chi connectivity index (χ1v) is 8.01. The lowest BCUT2D eigenvalue weighted by molar-refractivity contribution is -0.123. The summed E-state index contributed by atoms with van der Waals surface area (Å²) in [6.07, 6.45) is 0. The molecule has 1 unspecified atom stereocenters. The number of aliphatic hydroxyl groups excluding tert-OH is 1. The van der Waals surface area contributed by atoms with Gasteiger partial charge in [-0.05, 0) is 31.2 Å². The summed E-state index contributed by atoms with van der Waals surface area (Å²) >= 11 is 1.67. The van der Waals surface area contributed by atoms with Crippen LogP contribution in [0.4, 0.5) is 0 Å². The van der Waals surface area contributed by atoms with Crippen molar-refractivity contribution in [2.75, 3.05) is 19.7 Å². The fourth-order valence-electron chi connectivity index (χ4n) is 2.09. The highest BCUT2D eigenvalue weighted by molar-refractivity contribution is 7.10. The number of nitrogens with zero attached hydrogens (tertiary/aromatic N) is 1. The van der Waals surface area contributed by atoms with Crippen molar-refractivity contribution in [3.05, 3.63) is 22.4 Å². The highest BCUT2D eigenvalue weighted by atomic mass is 32.1. The Morgan fingerprint density at radius 2 is 2.10 bits per heavy atom. The van der Waals surface area contributed by atoms with Crippen LogP contribution in [0.2, 0.25) is 0 Å². The Morgan fingerprint density at radius 1 is 1.40 bits per heavy atom. The van der Waals surface area contributed by atoms with E-state index in [-0.39, 0.29) is 24.6 Å². The SMILES string of the molecule is CC(C)C(NC(=O)CN(CCO)C(C)C)c1cccs1. The quantitative estimate of drug-likeness (QED) is 0.774. The van der Waals surface area contributed by atoms with Crippen LogP contribution in [-0.2, 0) is 4.79 Å². The van der Waals surface area contributed by atoms with Crippen molar-refractivity contribution < 1.29 is 9.90 Å². The standard InChI is InChI=1S/C15H26N2O2S/c1-11(2)15(13-6-5-9-20-13)16-14(19)10-17(7-8-18)12(3)4/h5-6,9,11-12,15,18H,7-8,10H2,1-4H3,(H,16,19). The Balaban J connectivity index is 2.62. The van der Waals surface area contributed by atoms with E-state index in [0.29, 0.717) is 19.0 Å². The first kappa shape index (κ1) is 17.1. The van der Waals surface area contributed by atoms with Crippen LogP contribution < -0.4 is 5.32 Å². The van der Waals surface area contributed by atoms with Crippen LogP contribution in [0.5, 0.6) is 0 Å². The second-order valence-corrected chi connectivity index (χ2v) is 6.57. The van der Waals surface area contributed by atoms with Gasteiger partial charge < -0.3 is 10.4 Å². The first-order chi connectivity index (χ1) is 9.45. The molecule has 0 bridgehead atoms. The number of nitrogens with one attached hydrogen (secondary N) is 1. The van der Waals surface area contributed by atoms with E-state index in [9.17, 15) is 4.79 Å². The number of amides is 1. The number of aliphatic hydroxyl groups is 1. The van der Waals surface area contributed by atoms with Gasteiger partial charge in [0, 0.05) is 17.5 Å². The van der Waals surface area contributed by atoms with Crippen molar-refractivity contribution in [3.8, 4) is 0 Å². The number of hydrogen-bond acceptors (Lipinski definition) is 4. The van der Waals surface area contributed by atoms with Gasteiger partial charge in [-0.15, -0.1) is 11.3 Å². The number of hydrogen-bond donors (Lipinski definition) is 2. The van der Waals surface area contributed by atoms with Gasteiger partial charge in [-0.2, -0.15) is 0 Å². The lowest BCUT2D eigenvalue weighted by Gasteiger charge is -2.27. The van der Waals surface area contributed by atoms with Crippen molar-refractivity contribution in [1.29, 1.82) is 0 Å². The number of carbonyl (C=O) groups is 1. The minimum Gasteiger partial charge on any atom is -0.395 e.